The Morgan fingerprint density at radius 2 is 2.28 bits per heavy atom. The number of nitrogens with zero attached hydrogens (tertiary/aromatic N) is 1. The Morgan fingerprint density at radius 1 is 1.50 bits per heavy atom. The number of carbonyl (C=O) groups excluding carboxylic acids is 1. The Balaban J connectivity index is 2.02. The van der Waals surface area contributed by atoms with E-state index in [-0.39, 0.29) is 11.8 Å². The number of hydrogen-bond donors (Lipinski definition) is 1. The summed E-state index contributed by atoms with van der Waals surface area (Å²) >= 11 is 0. The molecule has 0 aromatic heterocycles. The van der Waals surface area contributed by atoms with Crippen LogP contribution in [-0.4, -0.2) is 24.0 Å². The fraction of sp³-hybridized carbons (Fsp3) is 0.500. The Labute approximate surface area is 107 Å². The molecular formula is C14H19FN2O. The van der Waals surface area contributed by atoms with Crippen LogP contribution < -0.4 is 5.32 Å². The van der Waals surface area contributed by atoms with Gasteiger partial charge in [0.05, 0.1) is 0 Å². The van der Waals surface area contributed by atoms with Crippen LogP contribution in [0.3, 0.4) is 0 Å². The molecule has 1 aliphatic rings. The van der Waals surface area contributed by atoms with E-state index in [0.29, 0.717) is 11.6 Å². The highest BCUT2D eigenvalue weighted by molar-refractivity contribution is 5.90. The smallest absolute Gasteiger partial charge is 0.321 e. The van der Waals surface area contributed by atoms with Crippen molar-refractivity contribution in [1.82, 2.24) is 4.90 Å². The zero-order valence-electron chi connectivity index (χ0n) is 10.9. The van der Waals surface area contributed by atoms with Gasteiger partial charge >= 0.3 is 6.03 Å². The molecule has 0 radical (unpaired) electrons. The number of piperidine rings is 1. The first-order valence-electron chi connectivity index (χ1n) is 6.38. The van der Waals surface area contributed by atoms with Gasteiger partial charge in [0.25, 0.3) is 0 Å². The largest absolute Gasteiger partial charge is 0.324 e. The van der Waals surface area contributed by atoms with Crippen molar-refractivity contribution in [3.8, 4) is 0 Å². The van der Waals surface area contributed by atoms with Crippen LogP contribution in [-0.2, 0) is 0 Å². The number of halogens is 1. The normalized spacial score (nSPS) is 19.7. The fourth-order valence-corrected chi connectivity index (χ4v) is 2.34. The molecule has 1 atom stereocenters. The van der Waals surface area contributed by atoms with E-state index in [1.54, 1.807) is 13.0 Å². The summed E-state index contributed by atoms with van der Waals surface area (Å²) in [6.45, 7) is 5.54. The monoisotopic (exact) mass is 250 g/mol. The van der Waals surface area contributed by atoms with Crippen molar-refractivity contribution in [3.05, 3.63) is 29.6 Å². The maximum Gasteiger partial charge on any atom is 0.321 e. The van der Waals surface area contributed by atoms with Crippen LogP contribution in [0.2, 0.25) is 0 Å². The standard InChI is InChI=1S/C14H19FN2O/c1-10-4-3-7-17(9-10)14(18)16-13-6-5-12(15)8-11(13)2/h5-6,8,10H,3-4,7,9H2,1-2H3,(H,16,18). The summed E-state index contributed by atoms with van der Waals surface area (Å²) < 4.78 is 13.0. The van der Waals surface area contributed by atoms with E-state index in [1.165, 1.54) is 18.6 Å². The van der Waals surface area contributed by atoms with E-state index in [1.807, 2.05) is 4.90 Å². The van der Waals surface area contributed by atoms with E-state index < -0.39 is 0 Å². The summed E-state index contributed by atoms with van der Waals surface area (Å²) in [5.74, 6) is 0.274. The maximum absolute atomic E-state index is 13.0. The number of anilines is 1. The molecule has 2 amide bonds. The van der Waals surface area contributed by atoms with Crippen LogP contribution >= 0.6 is 0 Å². The van der Waals surface area contributed by atoms with Gasteiger partial charge in [-0.2, -0.15) is 0 Å². The summed E-state index contributed by atoms with van der Waals surface area (Å²) in [7, 11) is 0. The molecule has 1 N–H and O–H groups in total. The van der Waals surface area contributed by atoms with E-state index >= 15 is 0 Å². The molecule has 18 heavy (non-hydrogen) atoms. The molecule has 1 heterocycles. The van der Waals surface area contributed by atoms with Gasteiger partial charge in [0.15, 0.2) is 0 Å². The minimum absolute atomic E-state index is 0.0868. The first kappa shape index (κ1) is 12.9. The Morgan fingerprint density at radius 3 is 2.94 bits per heavy atom. The van der Waals surface area contributed by atoms with E-state index in [0.717, 1.165) is 25.1 Å². The molecule has 0 saturated carbocycles. The van der Waals surface area contributed by atoms with Gasteiger partial charge in [-0.3, -0.25) is 0 Å². The number of nitrogens with one attached hydrogen (secondary N) is 1. The van der Waals surface area contributed by atoms with Gasteiger partial charge in [0, 0.05) is 18.8 Å². The molecule has 0 spiro atoms. The molecule has 4 heteroatoms. The quantitative estimate of drug-likeness (QED) is 0.814. The third-order valence-corrected chi connectivity index (χ3v) is 3.37. The van der Waals surface area contributed by atoms with Gasteiger partial charge in [0.2, 0.25) is 0 Å². The summed E-state index contributed by atoms with van der Waals surface area (Å²) in [5.41, 5.74) is 1.42. The predicted octanol–water partition coefficient (Wildman–Crippen LogP) is 3.40. The van der Waals surface area contributed by atoms with Crippen LogP contribution in [0.5, 0.6) is 0 Å². The number of rotatable bonds is 1. The van der Waals surface area contributed by atoms with Crippen molar-refractivity contribution >= 4 is 11.7 Å². The van der Waals surface area contributed by atoms with Gasteiger partial charge in [0.1, 0.15) is 5.82 Å². The minimum atomic E-state index is -0.280. The molecule has 2 rings (SSSR count). The van der Waals surface area contributed by atoms with Crippen molar-refractivity contribution in [2.75, 3.05) is 18.4 Å². The molecule has 1 unspecified atom stereocenters. The Bertz CT molecular complexity index is 447. The zero-order valence-corrected chi connectivity index (χ0v) is 10.9. The summed E-state index contributed by atoms with van der Waals surface area (Å²) in [5, 5.41) is 2.85. The first-order valence-corrected chi connectivity index (χ1v) is 6.38. The van der Waals surface area contributed by atoms with Crippen LogP contribution in [0, 0.1) is 18.7 Å². The summed E-state index contributed by atoms with van der Waals surface area (Å²) in [4.78, 5) is 13.9. The second kappa shape index (κ2) is 5.38. The predicted molar refractivity (Wildman–Crippen MR) is 70.1 cm³/mol. The van der Waals surface area contributed by atoms with Crippen molar-refractivity contribution in [2.24, 2.45) is 5.92 Å². The number of likely N-dealkylation sites (tertiary alicyclic amines) is 1. The highest BCUT2D eigenvalue weighted by Gasteiger charge is 2.21. The molecular weight excluding hydrogens is 231 g/mol. The lowest BCUT2D eigenvalue weighted by Crippen LogP contribution is -2.41. The second-order valence-electron chi connectivity index (χ2n) is 5.08. The zero-order chi connectivity index (χ0) is 13.1. The number of benzene rings is 1. The third-order valence-electron chi connectivity index (χ3n) is 3.37. The molecule has 0 bridgehead atoms. The lowest BCUT2D eigenvalue weighted by Gasteiger charge is -2.31. The molecule has 1 saturated heterocycles. The van der Waals surface area contributed by atoms with Crippen LogP contribution in [0.4, 0.5) is 14.9 Å². The number of urea groups is 1. The molecule has 1 fully saturated rings. The van der Waals surface area contributed by atoms with Crippen molar-refractivity contribution in [1.29, 1.82) is 0 Å². The number of amides is 2. The molecule has 1 aromatic carbocycles. The van der Waals surface area contributed by atoms with E-state index in [4.69, 9.17) is 0 Å². The lowest BCUT2D eigenvalue weighted by atomic mass is 10.0. The highest BCUT2D eigenvalue weighted by Crippen LogP contribution is 2.19. The van der Waals surface area contributed by atoms with Crippen molar-refractivity contribution in [3.63, 3.8) is 0 Å². The molecule has 98 valence electrons. The molecule has 1 aromatic rings. The van der Waals surface area contributed by atoms with Crippen LogP contribution in [0.25, 0.3) is 0 Å². The molecule has 1 aliphatic heterocycles. The second-order valence-corrected chi connectivity index (χ2v) is 5.08. The van der Waals surface area contributed by atoms with Crippen molar-refractivity contribution < 1.29 is 9.18 Å². The number of aryl methyl sites for hydroxylation is 1. The van der Waals surface area contributed by atoms with Crippen LogP contribution in [0.15, 0.2) is 18.2 Å². The third kappa shape index (κ3) is 3.00. The molecule has 3 nitrogen and oxygen atoms in total. The SMILES string of the molecule is Cc1cc(F)ccc1NC(=O)N1CCCC(C)C1. The van der Waals surface area contributed by atoms with Gasteiger partial charge < -0.3 is 10.2 Å². The summed E-state index contributed by atoms with van der Waals surface area (Å²) in [6.07, 6.45) is 2.23. The average molecular weight is 250 g/mol. The van der Waals surface area contributed by atoms with Gasteiger partial charge in [-0.05, 0) is 49.4 Å². The fourth-order valence-electron chi connectivity index (χ4n) is 2.34. The van der Waals surface area contributed by atoms with Crippen molar-refractivity contribution in [2.45, 2.75) is 26.7 Å². The Hall–Kier alpha value is -1.58. The Kier molecular flexibility index (Phi) is 3.84. The lowest BCUT2D eigenvalue weighted by molar-refractivity contribution is 0.182. The molecule has 0 aliphatic carbocycles. The van der Waals surface area contributed by atoms with E-state index in [9.17, 15) is 9.18 Å². The van der Waals surface area contributed by atoms with Gasteiger partial charge in [-0.25, -0.2) is 9.18 Å². The minimum Gasteiger partial charge on any atom is -0.324 e. The van der Waals surface area contributed by atoms with E-state index in [2.05, 4.69) is 12.2 Å². The van der Waals surface area contributed by atoms with Gasteiger partial charge in [-0.1, -0.05) is 6.92 Å². The van der Waals surface area contributed by atoms with Gasteiger partial charge in [-0.15, -0.1) is 0 Å². The average Bonchev–Trinajstić information content (AvgIpc) is 2.32. The number of carbonyl (C=O) groups is 1. The summed E-state index contributed by atoms with van der Waals surface area (Å²) in [6, 6.07) is 4.31. The number of hydrogen-bond acceptors (Lipinski definition) is 1. The highest BCUT2D eigenvalue weighted by atomic mass is 19.1. The van der Waals surface area contributed by atoms with Crippen LogP contribution in [0.1, 0.15) is 25.3 Å². The first-order chi connectivity index (χ1) is 8.56. The topological polar surface area (TPSA) is 32.3 Å². The maximum atomic E-state index is 13.0.